The van der Waals surface area contributed by atoms with Crippen LogP contribution in [0, 0.1) is 6.92 Å². The standard InChI is InChI=1S/C20H21N3O2/c1-4-14-9-7-8-13(2)19(14)21-18(24)12-17-15-10-5-6-11-16(15)20(25)23(3)22-17/h5-11H,4,12H2,1-3H3,(H,21,24). The SMILES string of the molecule is CCc1cccc(C)c1NC(=O)Cc1nn(C)c(=O)c2ccccc12. The van der Waals surface area contributed by atoms with Crippen molar-refractivity contribution in [2.45, 2.75) is 26.7 Å². The third kappa shape index (κ3) is 3.31. The summed E-state index contributed by atoms with van der Waals surface area (Å²) in [6.45, 7) is 4.04. The van der Waals surface area contributed by atoms with Crippen LogP contribution in [0.3, 0.4) is 0 Å². The second-order valence-electron chi connectivity index (χ2n) is 6.11. The molecule has 1 heterocycles. The molecule has 128 valence electrons. The number of carbonyl (C=O) groups excluding carboxylic acids is 1. The maximum absolute atomic E-state index is 12.6. The van der Waals surface area contributed by atoms with Gasteiger partial charge in [0.15, 0.2) is 0 Å². The Bertz CT molecular complexity index is 1010. The van der Waals surface area contributed by atoms with Gasteiger partial charge in [-0.3, -0.25) is 9.59 Å². The monoisotopic (exact) mass is 335 g/mol. The number of fused-ring (bicyclic) bond motifs is 1. The van der Waals surface area contributed by atoms with E-state index >= 15 is 0 Å². The fraction of sp³-hybridized carbons (Fsp3) is 0.250. The van der Waals surface area contributed by atoms with E-state index in [0.29, 0.717) is 11.1 Å². The van der Waals surface area contributed by atoms with Crippen LogP contribution < -0.4 is 10.9 Å². The molecule has 0 fully saturated rings. The predicted molar refractivity (Wildman–Crippen MR) is 99.9 cm³/mol. The second kappa shape index (κ2) is 6.89. The lowest BCUT2D eigenvalue weighted by Crippen LogP contribution is -2.24. The molecule has 0 aliphatic heterocycles. The molecule has 0 spiro atoms. The average Bonchev–Trinajstić information content (AvgIpc) is 2.61. The quantitative estimate of drug-likeness (QED) is 0.797. The lowest BCUT2D eigenvalue weighted by Gasteiger charge is -2.13. The first-order valence-electron chi connectivity index (χ1n) is 8.34. The molecule has 0 saturated heterocycles. The van der Waals surface area contributed by atoms with E-state index in [1.165, 1.54) is 4.68 Å². The van der Waals surface area contributed by atoms with Gasteiger partial charge in [0.25, 0.3) is 5.56 Å². The molecule has 0 aliphatic rings. The number of nitrogens with one attached hydrogen (secondary N) is 1. The summed E-state index contributed by atoms with van der Waals surface area (Å²) >= 11 is 0. The third-order valence-electron chi connectivity index (χ3n) is 4.37. The number of benzene rings is 2. The van der Waals surface area contributed by atoms with Gasteiger partial charge in [0.2, 0.25) is 5.91 Å². The molecule has 5 nitrogen and oxygen atoms in total. The zero-order chi connectivity index (χ0) is 18.0. The van der Waals surface area contributed by atoms with Gasteiger partial charge in [0.1, 0.15) is 0 Å². The van der Waals surface area contributed by atoms with E-state index in [0.717, 1.165) is 28.6 Å². The summed E-state index contributed by atoms with van der Waals surface area (Å²) in [6.07, 6.45) is 0.963. The molecule has 5 heteroatoms. The molecule has 0 radical (unpaired) electrons. The zero-order valence-corrected chi connectivity index (χ0v) is 14.7. The van der Waals surface area contributed by atoms with Crippen molar-refractivity contribution in [3.8, 4) is 0 Å². The second-order valence-corrected chi connectivity index (χ2v) is 6.11. The van der Waals surface area contributed by atoms with Crippen LogP contribution in [0.4, 0.5) is 5.69 Å². The van der Waals surface area contributed by atoms with Crippen molar-refractivity contribution in [3.05, 3.63) is 69.6 Å². The van der Waals surface area contributed by atoms with Crippen LogP contribution in [-0.4, -0.2) is 15.7 Å². The Hall–Kier alpha value is -2.95. The number of carbonyl (C=O) groups is 1. The van der Waals surface area contributed by atoms with Crippen LogP contribution >= 0.6 is 0 Å². The first-order valence-corrected chi connectivity index (χ1v) is 8.34. The van der Waals surface area contributed by atoms with Crippen molar-refractivity contribution in [2.75, 3.05) is 5.32 Å². The van der Waals surface area contributed by atoms with Gasteiger partial charge in [0.05, 0.1) is 17.5 Å². The molecule has 1 N–H and O–H groups in total. The Morgan fingerprint density at radius 3 is 2.56 bits per heavy atom. The van der Waals surface area contributed by atoms with Gasteiger partial charge in [-0.1, -0.05) is 43.3 Å². The molecule has 2 aromatic carbocycles. The summed E-state index contributed by atoms with van der Waals surface area (Å²) in [5.74, 6) is -0.139. The lowest BCUT2D eigenvalue weighted by molar-refractivity contribution is -0.115. The molecule has 1 amide bonds. The molecular formula is C20H21N3O2. The number of nitrogens with zero attached hydrogens (tertiary/aromatic N) is 2. The molecule has 0 unspecified atom stereocenters. The van der Waals surface area contributed by atoms with Crippen LogP contribution in [0.5, 0.6) is 0 Å². The van der Waals surface area contributed by atoms with Crippen LogP contribution in [0.15, 0.2) is 47.3 Å². The van der Waals surface area contributed by atoms with Gasteiger partial charge in [-0.25, -0.2) is 4.68 Å². The Labute approximate surface area is 146 Å². The van der Waals surface area contributed by atoms with Gasteiger partial charge in [-0.2, -0.15) is 5.10 Å². The smallest absolute Gasteiger partial charge is 0.274 e. The number of rotatable bonds is 4. The number of anilines is 1. The molecule has 3 aromatic rings. The van der Waals surface area contributed by atoms with Crippen molar-refractivity contribution in [1.82, 2.24) is 9.78 Å². The van der Waals surface area contributed by atoms with Gasteiger partial charge >= 0.3 is 0 Å². The molecule has 25 heavy (non-hydrogen) atoms. The minimum absolute atomic E-state index is 0.117. The Morgan fingerprint density at radius 1 is 1.12 bits per heavy atom. The molecule has 0 saturated carbocycles. The minimum Gasteiger partial charge on any atom is -0.325 e. The zero-order valence-electron chi connectivity index (χ0n) is 14.7. The molecular weight excluding hydrogens is 314 g/mol. The van der Waals surface area contributed by atoms with E-state index in [1.54, 1.807) is 13.1 Å². The largest absolute Gasteiger partial charge is 0.325 e. The molecule has 0 aliphatic carbocycles. The summed E-state index contributed by atoms with van der Waals surface area (Å²) in [7, 11) is 1.60. The normalized spacial score (nSPS) is 10.8. The van der Waals surface area contributed by atoms with E-state index < -0.39 is 0 Å². The number of aromatic nitrogens is 2. The average molecular weight is 335 g/mol. The molecule has 3 rings (SSSR count). The number of hydrogen-bond acceptors (Lipinski definition) is 3. The van der Waals surface area contributed by atoms with Crippen molar-refractivity contribution in [1.29, 1.82) is 0 Å². The van der Waals surface area contributed by atoms with Crippen molar-refractivity contribution in [3.63, 3.8) is 0 Å². The Kier molecular flexibility index (Phi) is 4.65. The fourth-order valence-electron chi connectivity index (χ4n) is 3.04. The van der Waals surface area contributed by atoms with E-state index in [1.807, 2.05) is 43.3 Å². The highest BCUT2D eigenvalue weighted by atomic mass is 16.1. The van der Waals surface area contributed by atoms with E-state index in [9.17, 15) is 9.59 Å². The molecule has 0 bridgehead atoms. The van der Waals surface area contributed by atoms with Crippen molar-refractivity contribution >= 4 is 22.4 Å². The van der Waals surface area contributed by atoms with Crippen LogP contribution in [-0.2, 0) is 24.7 Å². The fourth-order valence-corrected chi connectivity index (χ4v) is 3.04. The minimum atomic E-state index is -0.160. The maximum Gasteiger partial charge on any atom is 0.274 e. The number of aryl methyl sites for hydroxylation is 3. The summed E-state index contributed by atoms with van der Waals surface area (Å²) in [4.78, 5) is 24.8. The summed E-state index contributed by atoms with van der Waals surface area (Å²) < 4.78 is 1.29. The van der Waals surface area contributed by atoms with Gasteiger partial charge < -0.3 is 5.32 Å². The van der Waals surface area contributed by atoms with Crippen LogP contribution in [0.2, 0.25) is 0 Å². The first kappa shape index (κ1) is 16.9. The predicted octanol–water partition coefficient (Wildman–Crippen LogP) is 2.99. The number of hydrogen-bond donors (Lipinski definition) is 1. The van der Waals surface area contributed by atoms with Crippen LogP contribution in [0.25, 0.3) is 10.8 Å². The van der Waals surface area contributed by atoms with Crippen molar-refractivity contribution < 1.29 is 4.79 Å². The van der Waals surface area contributed by atoms with Crippen LogP contribution in [0.1, 0.15) is 23.7 Å². The Balaban J connectivity index is 1.94. The van der Waals surface area contributed by atoms with Gasteiger partial charge in [-0.15, -0.1) is 0 Å². The van der Waals surface area contributed by atoms with E-state index in [4.69, 9.17) is 0 Å². The number of para-hydroxylation sites is 1. The maximum atomic E-state index is 12.6. The summed E-state index contributed by atoms with van der Waals surface area (Å²) in [6, 6.07) is 13.2. The van der Waals surface area contributed by atoms with E-state index in [-0.39, 0.29) is 17.9 Å². The summed E-state index contributed by atoms with van der Waals surface area (Å²) in [5.41, 5.74) is 3.44. The Morgan fingerprint density at radius 2 is 1.84 bits per heavy atom. The lowest BCUT2D eigenvalue weighted by atomic mass is 10.1. The highest BCUT2D eigenvalue weighted by Gasteiger charge is 2.14. The highest BCUT2D eigenvalue weighted by Crippen LogP contribution is 2.22. The third-order valence-corrected chi connectivity index (χ3v) is 4.37. The van der Waals surface area contributed by atoms with Gasteiger partial charge in [-0.05, 0) is 30.5 Å². The molecule has 1 aromatic heterocycles. The van der Waals surface area contributed by atoms with Gasteiger partial charge in [0, 0.05) is 18.1 Å². The van der Waals surface area contributed by atoms with Crippen molar-refractivity contribution in [2.24, 2.45) is 7.05 Å². The highest BCUT2D eigenvalue weighted by molar-refractivity contribution is 5.96. The van der Waals surface area contributed by atoms with E-state index in [2.05, 4.69) is 17.3 Å². The summed E-state index contributed by atoms with van der Waals surface area (Å²) in [5, 5.41) is 8.60. The number of amides is 1. The molecule has 0 atom stereocenters. The first-order chi connectivity index (χ1) is 12.0. The topological polar surface area (TPSA) is 64.0 Å².